The number of rotatable bonds is 6. The molecule has 8 heteroatoms. The van der Waals surface area contributed by atoms with Gasteiger partial charge in [0.05, 0.1) is 28.5 Å². The number of anilines is 1. The molecular formula is C32H26Cl2N4OS. The largest absolute Gasteiger partial charge is 0.457 e. The first-order chi connectivity index (χ1) is 19.4. The predicted octanol–water partition coefficient (Wildman–Crippen LogP) is 8.77. The van der Waals surface area contributed by atoms with Gasteiger partial charge in [-0.1, -0.05) is 47.5 Å². The Hall–Kier alpha value is -3.84. The molecule has 1 aliphatic heterocycles. The number of hydrogen-bond donors (Lipinski definition) is 1. The van der Waals surface area contributed by atoms with E-state index in [1.807, 2.05) is 91.1 Å². The topological polar surface area (TPSA) is 42.3 Å². The monoisotopic (exact) mass is 584 g/mol. The maximum absolute atomic E-state index is 6.65. The number of halogens is 2. The van der Waals surface area contributed by atoms with E-state index in [0.717, 1.165) is 45.5 Å². The summed E-state index contributed by atoms with van der Waals surface area (Å²) in [6.45, 7) is 4.19. The summed E-state index contributed by atoms with van der Waals surface area (Å²) in [6, 6.07) is 31.2. The standard InChI is InChI=1S/C32H26Cl2N4OS/c1-20-18-26(21(2)37(20)29-16-11-22(33)19-27(29)34)31-30(28-10-6-7-17-35-28)36-32(40)38(31)23-12-14-25(15-13-23)39-24-8-4-3-5-9-24/h3-19,30-31H,1-2H3,(H,36,40)/t30-,31+/m1/s1. The summed E-state index contributed by atoms with van der Waals surface area (Å²) >= 11 is 18.8. The van der Waals surface area contributed by atoms with Gasteiger partial charge in [0.15, 0.2) is 5.11 Å². The Bertz CT molecular complexity index is 1670. The molecule has 0 unspecified atom stereocenters. The lowest BCUT2D eigenvalue weighted by Gasteiger charge is -2.28. The second-order valence-electron chi connectivity index (χ2n) is 9.66. The van der Waals surface area contributed by atoms with Crippen LogP contribution >= 0.6 is 35.4 Å². The molecule has 0 bridgehead atoms. The lowest BCUT2D eigenvalue weighted by Crippen LogP contribution is -2.29. The molecular weight excluding hydrogens is 559 g/mol. The normalized spacial score (nSPS) is 16.7. The third-order valence-electron chi connectivity index (χ3n) is 7.13. The van der Waals surface area contributed by atoms with E-state index in [1.54, 1.807) is 6.07 Å². The van der Waals surface area contributed by atoms with Crippen LogP contribution in [0.4, 0.5) is 5.69 Å². The molecule has 1 aliphatic rings. The molecule has 40 heavy (non-hydrogen) atoms. The van der Waals surface area contributed by atoms with E-state index < -0.39 is 0 Å². The summed E-state index contributed by atoms with van der Waals surface area (Å²) < 4.78 is 8.20. The minimum atomic E-state index is -0.163. The minimum absolute atomic E-state index is 0.158. The number of pyridine rings is 1. The van der Waals surface area contributed by atoms with Gasteiger partial charge in [-0.05, 0) is 104 Å². The Balaban J connectivity index is 1.43. The van der Waals surface area contributed by atoms with E-state index in [1.165, 1.54) is 0 Å². The van der Waals surface area contributed by atoms with Gasteiger partial charge in [-0.2, -0.15) is 0 Å². The fraction of sp³-hybridized carbons (Fsp3) is 0.125. The van der Waals surface area contributed by atoms with Crippen molar-refractivity contribution < 1.29 is 4.74 Å². The fourth-order valence-electron chi connectivity index (χ4n) is 5.37. The number of aromatic nitrogens is 2. The van der Waals surface area contributed by atoms with Crippen LogP contribution in [0.3, 0.4) is 0 Å². The van der Waals surface area contributed by atoms with Crippen LogP contribution in [0.25, 0.3) is 5.69 Å². The molecule has 1 saturated heterocycles. The van der Waals surface area contributed by atoms with Gasteiger partial charge in [0, 0.05) is 28.3 Å². The van der Waals surface area contributed by atoms with E-state index in [2.05, 4.69) is 39.7 Å². The number of hydrogen-bond acceptors (Lipinski definition) is 3. The molecule has 0 aliphatic carbocycles. The number of thiocarbonyl (C=S) groups is 1. The van der Waals surface area contributed by atoms with E-state index in [0.29, 0.717) is 15.2 Å². The van der Waals surface area contributed by atoms with Crippen LogP contribution in [-0.2, 0) is 0 Å². The van der Waals surface area contributed by atoms with Crippen LogP contribution in [0, 0.1) is 13.8 Å². The van der Waals surface area contributed by atoms with E-state index in [4.69, 9.17) is 40.2 Å². The molecule has 3 aromatic carbocycles. The summed E-state index contributed by atoms with van der Waals surface area (Å²) in [5.74, 6) is 1.54. The van der Waals surface area contributed by atoms with Gasteiger partial charge in [-0.15, -0.1) is 0 Å². The molecule has 6 rings (SSSR count). The van der Waals surface area contributed by atoms with Crippen LogP contribution in [0.1, 0.15) is 34.7 Å². The Labute approximate surface area is 249 Å². The average molecular weight is 586 g/mol. The third-order valence-corrected chi connectivity index (χ3v) is 7.98. The second-order valence-corrected chi connectivity index (χ2v) is 10.9. The van der Waals surface area contributed by atoms with Crippen molar-refractivity contribution in [3.05, 3.63) is 136 Å². The molecule has 5 nitrogen and oxygen atoms in total. The van der Waals surface area contributed by atoms with Gasteiger partial charge in [0.1, 0.15) is 11.5 Å². The highest BCUT2D eigenvalue weighted by Crippen LogP contribution is 2.44. The number of nitrogens with zero attached hydrogens (tertiary/aromatic N) is 3. The highest BCUT2D eigenvalue weighted by Gasteiger charge is 2.42. The minimum Gasteiger partial charge on any atom is -0.457 e. The summed E-state index contributed by atoms with van der Waals surface area (Å²) in [4.78, 5) is 6.85. The van der Waals surface area contributed by atoms with Crippen molar-refractivity contribution in [3.8, 4) is 17.2 Å². The van der Waals surface area contributed by atoms with Crippen molar-refractivity contribution in [1.82, 2.24) is 14.9 Å². The van der Waals surface area contributed by atoms with Crippen molar-refractivity contribution in [2.75, 3.05) is 4.90 Å². The van der Waals surface area contributed by atoms with Crippen molar-refractivity contribution in [2.24, 2.45) is 0 Å². The van der Waals surface area contributed by atoms with E-state index in [9.17, 15) is 0 Å². The predicted molar refractivity (Wildman–Crippen MR) is 166 cm³/mol. The zero-order chi connectivity index (χ0) is 27.8. The molecule has 3 heterocycles. The van der Waals surface area contributed by atoms with Crippen LogP contribution in [0.2, 0.25) is 10.0 Å². The Morgan fingerprint density at radius 2 is 1.57 bits per heavy atom. The second kappa shape index (κ2) is 11.0. The van der Waals surface area contributed by atoms with Crippen molar-refractivity contribution in [2.45, 2.75) is 25.9 Å². The van der Waals surface area contributed by atoms with Gasteiger partial charge < -0.3 is 19.5 Å². The molecule has 0 amide bonds. The molecule has 5 aromatic rings. The Morgan fingerprint density at radius 1 is 0.850 bits per heavy atom. The van der Waals surface area contributed by atoms with E-state index >= 15 is 0 Å². The first-order valence-electron chi connectivity index (χ1n) is 12.9. The number of nitrogens with one attached hydrogen (secondary N) is 1. The Morgan fingerprint density at radius 3 is 2.27 bits per heavy atom. The molecule has 0 radical (unpaired) electrons. The van der Waals surface area contributed by atoms with Crippen LogP contribution in [-0.4, -0.2) is 14.7 Å². The van der Waals surface area contributed by atoms with Crippen molar-refractivity contribution in [1.29, 1.82) is 0 Å². The zero-order valence-electron chi connectivity index (χ0n) is 21.9. The first kappa shape index (κ1) is 26.4. The smallest absolute Gasteiger partial charge is 0.174 e. The molecule has 1 N–H and O–H groups in total. The maximum atomic E-state index is 6.65. The first-order valence-corrected chi connectivity index (χ1v) is 14.0. The van der Waals surface area contributed by atoms with E-state index in [-0.39, 0.29) is 12.1 Å². The lowest BCUT2D eigenvalue weighted by molar-refractivity contribution is 0.482. The molecule has 1 fully saturated rings. The van der Waals surface area contributed by atoms with Crippen LogP contribution in [0.5, 0.6) is 11.5 Å². The maximum Gasteiger partial charge on any atom is 0.174 e. The van der Waals surface area contributed by atoms with Crippen molar-refractivity contribution >= 4 is 46.2 Å². The van der Waals surface area contributed by atoms with Gasteiger partial charge in [0.25, 0.3) is 0 Å². The number of benzene rings is 3. The fourth-order valence-corrected chi connectivity index (χ4v) is 6.21. The molecule has 2 atom stereocenters. The summed E-state index contributed by atoms with van der Waals surface area (Å²) in [5, 5.41) is 5.37. The van der Waals surface area contributed by atoms with Crippen LogP contribution in [0.15, 0.2) is 103 Å². The van der Waals surface area contributed by atoms with Gasteiger partial charge >= 0.3 is 0 Å². The average Bonchev–Trinajstić information content (AvgIpc) is 3.45. The van der Waals surface area contributed by atoms with Gasteiger partial charge in [-0.3, -0.25) is 4.98 Å². The Kier molecular flexibility index (Phi) is 7.24. The molecule has 0 spiro atoms. The SMILES string of the molecule is Cc1cc([C@H]2[C@@H](c3ccccn3)NC(=S)N2c2ccc(Oc3ccccc3)cc2)c(C)n1-c1ccc(Cl)cc1Cl. The molecule has 2 aromatic heterocycles. The summed E-state index contributed by atoms with van der Waals surface area (Å²) in [6.07, 6.45) is 1.81. The third kappa shape index (κ3) is 4.94. The van der Waals surface area contributed by atoms with Gasteiger partial charge in [-0.25, -0.2) is 0 Å². The molecule has 0 saturated carbocycles. The number of para-hydroxylation sites is 1. The number of ether oxygens (including phenoxy) is 1. The lowest BCUT2D eigenvalue weighted by atomic mass is 9.96. The summed E-state index contributed by atoms with van der Waals surface area (Å²) in [7, 11) is 0. The van der Waals surface area contributed by atoms with Crippen LogP contribution < -0.4 is 15.0 Å². The highest BCUT2D eigenvalue weighted by molar-refractivity contribution is 7.80. The quantitative estimate of drug-likeness (QED) is 0.202. The molecule has 200 valence electrons. The highest BCUT2D eigenvalue weighted by atomic mass is 35.5. The van der Waals surface area contributed by atoms with Crippen molar-refractivity contribution in [3.63, 3.8) is 0 Å². The number of aryl methyl sites for hydroxylation is 1. The van der Waals surface area contributed by atoms with Gasteiger partial charge in [0.2, 0.25) is 0 Å². The zero-order valence-corrected chi connectivity index (χ0v) is 24.2. The summed E-state index contributed by atoms with van der Waals surface area (Å²) in [5.41, 5.74) is 5.99.